The first kappa shape index (κ1) is 20.0. The van der Waals surface area contributed by atoms with E-state index in [1.807, 2.05) is 11.9 Å². The second-order valence-corrected chi connectivity index (χ2v) is 10.5. The largest absolute Gasteiger partial charge is 0.343 e. The number of hydrogen-bond donors (Lipinski definition) is 1. The number of aromatic amines is 1. The fourth-order valence-corrected chi connectivity index (χ4v) is 6.53. The number of thiophene rings is 1. The second kappa shape index (κ2) is 8.57. The molecule has 4 rings (SSSR count). The van der Waals surface area contributed by atoms with Crippen molar-refractivity contribution in [3.05, 3.63) is 26.6 Å². The molecule has 2 aliphatic rings. The number of H-pyrrole nitrogens is 1. The Morgan fingerprint density at radius 3 is 2.86 bits per heavy atom. The van der Waals surface area contributed by atoms with Gasteiger partial charge in [-0.1, -0.05) is 6.92 Å². The van der Waals surface area contributed by atoms with E-state index in [2.05, 4.69) is 16.9 Å². The maximum Gasteiger partial charge on any atom is 0.259 e. The minimum absolute atomic E-state index is 0.00216. The van der Waals surface area contributed by atoms with Gasteiger partial charge in [0.2, 0.25) is 5.91 Å². The van der Waals surface area contributed by atoms with Crippen LogP contribution < -0.4 is 5.56 Å². The third kappa shape index (κ3) is 4.15. The Morgan fingerprint density at radius 1 is 1.29 bits per heavy atom. The Labute approximate surface area is 174 Å². The molecule has 0 atom stereocenters. The van der Waals surface area contributed by atoms with Gasteiger partial charge in [-0.2, -0.15) is 11.8 Å². The molecule has 0 bridgehead atoms. The van der Waals surface area contributed by atoms with Gasteiger partial charge in [-0.15, -0.1) is 11.3 Å². The molecule has 0 aromatic carbocycles. The van der Waals surface area contributed by atoms with E-state index in [4.69, 9.17) is 0 Å². The Balaban J connectivity index is 1.28. The number of aromatic nitrogens is 2. The Morgan fingerprint density at radius 2 is 2.07 bits per heavy atom. The van der Waals surface area contributed by atoms with Crippen molar-refractivity contribution in [2.75, 3.05) is 12.8 Å². The fourth-order valence-electron chi connectivity index (χ4n) is 4.45. The topological polar surface area (TPSA) is 66.1 Å². The molecule has 1 fully saturated rings. The first-order chi connectivity index (χ1) is 13.5. The standard InChI is InChI=1S/C21H29N3O2S2/c1-13-6-8-14(9-7-13)24(2)18(25)10-11-27-12-17-22-20(26)19-15-4-3-5-16(15)28-21(19)23-17/h13-14H,3-12H2,1-2H3,(H,22,23,26). The van der Waals surface area contributed by atoms with Gasteiger partial charge >= 0.3 is 0 Å². The van der Waals surface area contributed by atoms with Crippen molar-refractivity contribution in [2.24, 2.45) is 5.92 Å². The predicted octanol–water partition coefficient (Wildman–Crippen LogP) is 4.13. The van der Waals surface area contributed by atoms with Gasteiger partial charge in [0, 0.05) is 30.1 Å². The zero-order chi connectivity index (χ0) is 19.7. The maximum atomic E-state index is 12.5. The number of carbonyl (C=O) groups is 1. The van der Waals surface area contributed by atoms with Gasteiger partial charge in [-0.05, 0) is 56.4 Å². The summed E-state index contributed by atoms with van der Waals surface area (Å²) in [7, 11) is 1.95. The summed E-state index contributed by atoms with van der Waals surface area (Å²) >= 11 is 3.35. The van der Waals surface area contributed by atoms with Crippen molar-refractivity contribution in [2.45, 2.75) is 70.1 Å². The minimum atomic E-state index is 0.00216. The Hall–Kier alpha value is -1.34. The SMILES string of the molecule is CC1CCC(N(C)C(=O)CCSCc2nc3sc4c(c3c(=O)[nH]2)CCC4)CC1. The molecule has 1 N–H and O–H groups in total. The van der Waals surface area contributed by atoms with E-state index in [1.54, 1.807) is 23.1 Å². The average Bonchev–Trinajstić information content (AvgIpc) is 3.26. The second-order valence-electron chi connectivity index (χ2n) is 8.27. The quantitative estimate of drug-likeness (QED) is 0.715. The Kier molecular flexibility index (Phi) is 6.11. The first-order valence-electron chi connectivity index (χ1n) is 10.4. The molecule has 0 unspecified atom stereocenters. The number of nitrogens with zero attached hydrogens (tertiary/aromatic N) is 2. The average molecular weight is 420 g/mol. The van der Waals surface area contributed by atoms with E-state index in [1.165, 1.54) is 23.3 Å². The molecule has 0 saturated heterocycles. The third-order valence-electron chi connectivity index (χ3n) is 6.25. The maximum absolute atomic E-state index is 12.5. The molecule has 0 aliphatic heterocycles. The molecule has 7 heteroatoms. The van der Waals surface area contributed by atoms with E-state index >= 15 is 0 Å². The van der Waals surface area contributed by atoms with Gasteiger partial charge in [0.1, 0.15) is 10.7 Å². The van der Waals surface area contributed by atoms with E-state index in [-0.39, 0.29) is 11.5 Å². The summed E-state index contributed by atoms with van der Waals surface area (Å²) in [6, 6.07) is 0.412. The Bertz CT molecular complexity index is 912. The van der Waals surface area contributed by atoms with Crippen molar-refractivity contribution >= 4 is 39.2 Å². The molecule has 1 amide bonds. The van der Waals surface area contributed by atoms with Crippen molar-refractivity contribution < 1.29 is 4.79 Å². The lowest BCUT2D eigenvalue weighted by Gasteiger charge is -2.33. The van der Waals surface area contributed by atoms with Crippen LogP contribution in [0.2, 0.25) is 0 Å². The monoisotopic (exact) mass is 419 g/mol. The van der Waals surface area contributed by atoms with Crippen LogP contribution in [-0.4, -0.2) is 39.6 Å². The molecule has 2 aliphatic carbocycles. The number of thioether (sulfide) groups is 1. The molecular weight excluding hydrogens is 390 g/mol. The van der Waals surface area contributed by atoms with Gasteiger partial charge < -0.3 is 9.88 Å². The third-order valence-corrected chi connectivity index (χ3v) is 8.41. The van der Waals surface area contributed by atoms with E-state index in [0.29, 0.717) is 18.2 Å². The van der Waals surface area contributed by atoms with Gasteiger partial charge in [0.05, 0.1) is 11.1 Å². The summed E-state index contributed by atoms with van der Waals surface area (Å²) in [6.07, 6.45) is 8.50. The first-order valence-corrected chi connectivity index (χ1v) is 12.4. The summed E-state index contributed by atoms with van der Waals surface area (Å²) in [5, 5.41) is 0.810. The van der Waals surface area contributed by atoms with Crippen LogP contribution in [0, 0.1) is 5.92 Å². The highest BCUT2D eigenvalue weighted by Crippen LogP contribution is 2.34. The molecule has 152 valence electrons. The molecule has 2 aromatic rings. The highest BCUT2D eigenvalue weighted by atomic mass is 32.2. The lowest BCUT2D eigenvalue weighted by atomic mass is 9.87. The molecule has 2 heterocycles. The molecule has 1 saturated carbocycles. The number of nitrogens with one attached hydrogen (secondary N) is 1. The van der Waals surface area contributed by atoms with Crippen molar-refractivity contribution in [1.82, 2.24) is 14.9 Å². The molecule has 2 aromatic heterocycles. The fraction of sp³-hybridized carbons (Fsp3) is 0.667. The van der Waals surface area contributed by atoms with Crippen molar-refractivity contribution in [3.63, 3.8) is 0 Å². The number of hydrogen-bond acceptors (Lipinski definition) is 5. The predicted molar refractivity (Wildman–Crippen MR) is 117 cm³/mol. The zero-order valence-corrected chi connectivity index (χ0v) is 18.4. The van der Waals surface area contributed by atoms with E-state index in [9.17, 15) is 9.59 Å². The van der Waals surface area contributed by atoms with Crippen LogP contribution in [0.25, 0.3) is 10.2 Å². The minimum Gasteiger partial charge on any atom is -0.343 e. The van der Waals surface area contributed by atoms with E-state index < -0.39 is 0 Å². The van der Waals surface area contributed by atoms with Gasteiger partial charge in [0.25, 0.3) is 5.56 Å². The number of rotatable bonds is 6. The molecular formula is C21H29N3O2S2. The number of amides is 1. The number of fused-ring (bicyclic) bond motifs is 3. The van der Waals surface area contributed by atoms with E-state index in [0.717, 1.165) is 59.8 Å². The van der Waals surface area contributed by atoms with Gasteiger partial charge in [0.15, 0.2) is 0 Å². The van der Waals surface area contributed by atoms with Crippen molar-refractivity contribution in [3.8, 4) is 0 Å². The summed E-state index contributed by atoms with van der Waals surface area (Å²) in [5.41, 5.74) is 1.22. The zero-order valence-electron chi connectivity index (χ0n) is 16.8. The van der Waals surface area contributed by atoms with Gasteiger partial charge in [-0.25, -0.2) is 4.98 Å². The smallest absolute Gasteiger partial charge is 0.259 e. The van der Waals surface area contributed by atoms with Crippen LogP contribution in [0.1, 0.15) is 61.7 Å². The van der Waals surface area contributed by atoms with Crippen LogP contribution in [-0.2, 0) is 23.4 Å². The lowest BCUT2D eigenvalue weighted by Crippen LogP contribution is -2.39. The van der Waals surface area contributed by atoms with Crippen LogP contribution in [0.15, 0.2) is 4.79 Å². The highest BCUT2D eigenvalue weighted by molar-refractivity contribution is 7.98. The highest BCUT2D eigenvalue weighted by Gasteiger charge is 2.24. The van der Waals surface area contributed by atoms with Crippen LogP contribution in [0.4, 0.5) is 0 Å². The number of carbonyl (C=O) groups excluding carboxylic acids is 1. The summed E-state index contributed by atoms with van der Waals surface area (Å²) in [5.74, 6) is 3.16. The molecule has 0 spiro atoms. The molecule has 5 nitrogen and oxygen atoms in total. The van der Waals surface area contributed by atoms with Crippen molar-refractivity contribution in [1.29, 1.82) is 0 Å². The molecule has 0 radical (unpaired) electrons. The summed E-state index contributed by atoms with van der Waals surface area (Å²) < 4.78 is 0. The summed E-state index contributed by atoms with van der Waals surface area (Å²) in [6.45, 7) is 2.30. The number of aryl methyl sites for hydroxylation is 2. The lowest BCUT2D eigenvalue weighted by molar-refractivity contribution is -0.132. The van der Waals surface area contributed by atoms with Crippen LogP contribution in [0.3, 0.4) is 0 Å². The van der Waals surface area contributed by atoms with Crippen LogP contribution in [0.5, 0.6) is 0 Å². The normalized spacial score (nSPS) is 21.8. The van der Waals surface area contributed by atoms with Crippen LogP contribution >= 0.6 is 23.1 Å². The summed E-state index contributed by atoms with van der Waals surface area (Å²) in [4.78, 5) is 36.8. The molecule has 28 heavy (non-hydrogen) atoms. The van der Waals surface area contributed by atoms with Gasteiger partial charge in [-0.3, -0.25) is 9.59 Å².